The average molecular weight is 182 g/mol. The third-order valence-electron chi connectivity index (χ3n) is 2.13. The smallest absolute Gasteiger partial charge is 0.326 e. The minimum absolute atomic E-state index is 0.104. The number of hydrogen-bond donors (Lipinski definition) is 2. The third kappa shape index (κ3) is 2.98. The van der Waals surface area contributed by atoms with Crippen LogP contribution < -0.4 is 11.1 Å². The zero-order valence-corrected chi connectivity index (χ0v) is 6.69. The van der Waals surface area contributed by atoms with E-state index in [2.05, 4.69) is 5.32 Å². The fourth-order valence-corrected chi connectivity index (χ4v) is 1.49. The second-order valence-corrected chi connectivity index (χ2v) is 3.20. The molecule has 0 spiro atoms. The summed E-state index contributed by atoms with van der Waals surface area (Å²) in [6, 6.07) is -0.251. The molecule has 0 aromatic rings. The van der Waals surface area contributed by atoms with E-state index in [9.17, 15) is 13.2 Å². The third-order valence-corrected chi connectivity index (χ3v) is 2.13. The maximum atomic E-state index is 11.7. The summed E-state index contributed by atoms with van der Waals surface area (Å²) in [6.07, 6.45) is -1.61. The normalized spacial score (nSPS) is 31.0. The lowest BCUT2D eigenvalue weighted by Crippen LogP contribution is -2.44. The molecule has 0 amide bonds. The Morgan fingerprint density at radius 3 is 2.42 bits per heavy atom. The lowest BCUT2D eigenvalue weighted by molar-refractivity contribution is -0.126. The van der Waals surface area contributed by atoms with Crippen molar-refractivity contribution in [3.63, 3.8) is 0 Å². The Balaban J connectivity index is 2.23. The van der Waals surface area contributed by atoms with E-state index in [-0.39, 0.29) is 12.1 Å². The first-order valence-electron chi connectivity index (χ1n) is 4.05. The Morgan fingerprint density at radius 1 is 1.33 bits per heavy atom. The molecule has 5 heteroatoms. The van der Waals surface area contributed by atoms with Gasteiger partial charge in [-0.2, -0.15) is 13.2 Å². The Morgan fingerprint density at radius 2 is 2.00 bits per heavy atom. The van der Waals surface area contributed by atoms with Crippen LogP contribution in [0.15, 0.2) is 0 Å². The topological polar surface area (TPSA) is 38.0 Å². The standard InChI is InChI=1S/C7H13F3N2/c8-7(9,10)4-12-6-3-1-2-5(6)11/h5-6,12H,1-4,11H2/t5-,6-/m1/s1. The van der Waals surface area contributed by atoms with Crippen LogP contribution in [0.1, 0.15) is 19.3 Å². The van der Waals surface area contributed by atoms with Crippen molar-refractivity contribution in [3.05, 3.63) is 0 Å². The molecule has 0 aromatic heterocycles. The summed E-state index contributed by atoms with van der Waals surface area (Å²) in [5.74, 6) is 0. The van der Waals surface area contributed by atoms with E-state index < -0.39 is 12.7 Å². The van der Waals surface area contributed by atoms with E-state index in [1.165, 1.54) is 0 Å². The summed E-state index contributed by atoms with van der Waals surface area (Å²) in [6.45, 7) is -0.925. The van der Waals surface area contributed by atoms with Crippen molar-refractivity contribution in [2.75, 3.05) is 6.54 Å². The molecular formula is C7H13F3N2. The highest BCUT2D eigenvalue weighted by Crippen LogP contribution is 2.19. The van der Waals surface area contributed by atoms with Crippen LogP contribution in [0.5, 0.6) is 0 Å². The second-order valence-electron chi connectivity index (χ2n) is 3.20. The lowest BCUT2D eigenvalue weighted by Gasteiger charge is -2.18. The van der Waals surface area contributed by atoms with Gasteiger partial charge in [0.25, 0.3) is 0 Å². The molecule has 12 heavy (non-hydrogen) atoms. The monoisotopic (exact) mass is 182 g/mol. The Kier molecular flexibility index (Phi) is 2.95. The van der Waals surface area contributed by atoms with Crippen LogP contribution in [-0.2, 0) is 0 Å². The highest BCUT2D eigenvalue weighted by atomic mass is 19.4. The molecular weight excluding hydrogens is 169 g/mol. The average Bonchev–Trinajstić information content (AvgIpc) is 2.29. The molecule has 0 unspecified atom stereocenters. The highest BCUT2D eigenvalue weighted by molar-refractivity contribution is 4.86. The zero-order chi connectivity index (χ0) is 9.19. The van der Waals surface area contributed by atoms with Crippen molar-refractivity contribution in [1.82, 2.24) is 5.32 Å². The van der Waals surface area contributed by atoms with Crippen molar-refractivity contribution in [2.45, 2.75) is 37.5 Å². The molecule has 72 valence electrons. The number of alkyl halides is 3. The first kappa shape index (κ1) is 9.80. The van der Waals surface area contributed by atoms with Gasteiger partial charge in [0, 0.05) is 12.1 Å². The van der Waals surface area contributed by atoms with Gasteiger partial charge < -0.3 is 11.1 Å². The Bertz CT molecular complexity index is 146. The van der Waals surface area contributed by atoms with Crippen LogP contribution in [0.25, 0.3) is 0 Å². The maximum absolute atomic E-state index is 11.7. The fourth-order valence-electron chi connectivity index (χ4n) is 1.49. The fraction of sp³-hybridized carbons (Fsp3) is 1.00. The van der Waals surface area contributed by atoms with E-state index in [4.69, 9.17) is 5.73 Å². The molecule has 0 bridgehead atoms. The molecule has 0 aromatic carbocycles. The van der Waals surface area contributed by atoms with E-state index in [1.807, 2.05) is 0 Å². The van der Waals surface area contributed by atoms with Gasteiger partial charge in [0.05, 0.1) is 6.54 Å². The number of nitrogens with two attached hydrogens (primary N) is 1. The Hall–Kier alpha value is -0.290. The summed E-state index contributed by atoms with van der Waals surface area (Å²) >= 11 is 0. The van der Waals surface area contributed by atoms with Gasteiger partial charge in [-0.25, -0.2) is 0 Å². The molecule has 1 aliphatic rings. The molecule has 0 radical (unpaired) electrons. The molecule has 0 saturated heterocycles. The minimum atomic E-state index is -4.12. The number of halogens is 3. The summed E-state index contributed by atoms with van der Waals surface area (Å²) in [5.41, 5.74) is 5.58. The van der Waals surface area contributed by atoms with Crippen LogP contribution in [0.2, 0.25) is 0 Å². The molecule has 1 aliphatic carbocycles. The summed E-state index contributed by atoms with van der Waals surface area (Å²) < 4.78 is 35.2. The van der Waals surface area contributed by atoms with Gasteiger partial charge in [0.1, 0.15) is 0 Å². The molecule has 2 nitrogen and oxygen atoms in total. The van der Waals surface area contributed by atoms with Crippen molar-refractivity contribution >= 4 is 0 Å². The van der Waals surface area contributed by atoms with Crippen molar-refractivity contribution in [2.24, 2.45) is 5.73 Å². The van der Waals surface area contributed by atoms with E-state index in [1.54, 1.807) is 0 Å². The van der Waals surface area contributed by atoms with Crippen molar-refractivity contribution in [1.29, 1.82) is 0 Å². The van der Waals surface area contributed by atoms with Crippen molar-refractivity contribution in [3.8, 4) is 0 Å². The van der Waals surface area contributed by atoms with E-state index in [0.717, 1.165) is 19.3 Å². The summed E-state index contributed by atoms with van der Waals surface area (Å²) in [7, 11) is 0. The largest absolute Gasteiger partial charge is 0.401 e. The SMILES string of the molecule is N[C@@H]1CCC[C@H]1NCC(F)(F)F. The molecule has 1 rings (SSSR count). The molecule has 1 saturated carbocycles. The van der Waals surface area contributed by atoms with Crippen LogP contribution in [0.3, 0.4) is 0 Å². The van der Waals surface area contributed by atoms with Crippen LogP contribution in [-0.4, -0.2) is 24.8 Å². The highest BCUT2D eigenvalue weighted by Gasteiger charge is 2.31. The van der Waals surface area contributed by atoms with Gasteiger partial charge in [-0.15, -0.1) is 0 Å². The first-order valence-corrected chi connectivity index (χ1v) is 4.05. The van der Waals surface area contributed by atoms with Gasteiger partial charge in [-0.1, -0.05) is 6.42 Å². The van der Waals surface area contributed by atoms with Gasteiger partial charge in [0.2, 0.25) is 0 Å². The van der Waals surface area contributed by atoms with E-state index >= 15 is 0 Å². The molecule has 0 aliphatic heterocycles. The number of hydrogen-bond acceptors (Lipinski definition) is 2. The van der Waals surface area contributed by atoms with Crippen LogP contribution >= 0.6 is 0 Å². The van der Waals surface area contributed by atoms with Gasteiger partial charge >= 0.3 is 6.18 Å². The number of rotatable bonds is 2. The van der Waals surface area contributed by atoms with E-state index in [0.29, 0.717) is 0 Å². The molecule has 1 fully saturated rings. The van der Waals surface area contributed by atoms with Gasteiger partial charge in [0.15, 0.2) is 0 Å². The second kappa shape index (κ2) is 3.62. The summed E-state index contributed by atoms with van der Waals surface area (Å²) in [4.78, 5) is 0. The Labute approximate surface area is 69.3 Å². The molecule has 0 heterocycles. The minimum Gasteiger partial charge on any atom is -0.326 e. The lowest BCUT2D eigenvalue weighted by atomic mass is 10.2. The predicted octanol–water partition coefficient (Wildman–Crippen LogP) is 1.02. The number of nitrogens with one attached hydrogen (secondary N) is 1. The maximum Gasteiger partial charge on any atom is 0.401 e. The van der Waals surface area contributed by atoms with Crippen LogP contribution in [0.4, 0.5) is 13.2 Å². The van der Waals surface area contributed by atoms with Crippen LogP contribution in [0, 0.1) is 0 Å². The summed E-state index contributed by atoms with van der Waals surface area (Å²) in [5, 5.41) is 2.42. The quantitative estimate of drug-likeness (QED) is 0.669. The zero-order valence-electron chi connectivity index (χ0n) is 6.69. The van der Waals surface area contributed by atoms with Crippen molar-refractivity contribution < 1.29 is 13.2 Å². The van der Waals surface area contributed by atoms with Gasteiger partial charge in [-0.05, 0) is 12.8 Å². The predicted molar refractivity (Wildman–Crippen MR) is 39.7 cm³/mol. The van der Waals surface area contributed by atoms with Gasteiger partial charge in [-0.3, -0.25) is 0 Å². The molecule has 3 N–H and O–H groups in total. The molecule has 2 atom stereocenters. The first-order chi connectivity index (χ1) is 5.49.